The van der Waals surface area contributed by atoms with Crippen LogP contribution in [0.5, 0.6) is 0 Å². The summed E-state index contributed by atoms with van der Waals surface area (Å²) in [5, 5.41) is 6.77. The van der Waals surface area contributed by atoms with Crippen LogP contribution in [0.15, 0.2) is 41.6 Å². The maximum atomic E-state index is 12.9. The van der Waals surface area contributed by atoms with Gasteiger partial charge in [-0.05, 0) is 29.8 Å². The zero-order chi connectivity index (χ0) is 16.2. The second-order valence-corrected chi connectivity index (χ2v) is 6.98. The number of rotatable bonds is 5. The number of amides is 1. The highest BCUT2D eigenvalue weighted by molar-refractivity contribution is 7.16. The van der Waals surface area contributed by atoms with Crippen molar-refractivity contribution in [2.45, 2.75) is 25.5 Å². The summed E-state index contributed by atoms with van der Waals surface area (Å²) < 4.78 is 13.6. The highest BCUT2D eigenvalue weighted by Crippen LogP contribution is 2.21. The Hall–Kier alpha value is -1.92. The molecule has 1 amide bonds. The van der Waals surface area contributed by atoms with Gasteiger partial charge in [0.25, 0.3) is 5.91 Å². The Morgan fingerprint density at radius 3 is 2.83 bits per heavy atom. The predicted octanol–water partition coefficient (Wildman–Crippen LogP) is 3.54. The van der Waals surface area contributed by atoms with E-state index < -0.39 is 6.10 Å². The number of benzene rings is 1. The van der Waals surface area contributed by atoms with Crippen molar-refractivity contribution in [3.8, 4) is 0 Å². The number of hydrogen-bond acceptors (Lipinski definition) is 4. The summed E-state index contributed by atoms with van der Waals surface area (Å²) in [4.78, 5) is 18.3. The van der Waals surface area contributed by atoms with Crippen molar-refractivity contribution in [2.24, 2.45) is 5.16 Å². The molecule has 0 bridgehead atoms. The van der Waals surface area contributed by atoms with Gasteiger partial charge in [-0.1, -0.05) is 28.9 Å². The molecule has 120 valence electrons. The maximum absolute atomic E-state index is 12.9. The molecular weight excluding hydrogens is 339 g/mol. The molecule has 23 heavy (non-hydrogen) atoms. The number of carbonyl (C=O) groups excluding carboxylic acids is 1. The molecule has 0 spiro atoms. The van der Waals surface area contributed by atoms with Crippen LogP contribution in [0.2, 0.25) is 4.34 Å². The van der Waals surface area contributed by atoms with Gasteiger partial charge >= 0.3 is 0 Å². The van der Waals surface area contributed by atoms with Crippen LogP contribution in [0, 0.1) is 5.82 Å². The molecular formula is C16H14ClFN2O2S. The third kappa shape index (κ3) is 4.30. The number of carbonyl (C=O) groups is 1. The van der Waals surface area contributed by atoms with Gasteiger partial charge in [0.15, 0.2) is 0 Å². The van der Waals surface area contributed by atoms with E-state index in [0.717, 1.165) is 16.2 Å². The summed E-state index contributed by atoms with van der Waals surface area (Å²) in [5.74, 6) is -0.475. The van der Waals surface area contributed by atoms with Crippen LogP contribution in [0.4, 0.5) is 4.39 Å². The lowest BCUT2D eigenvalue weighted by Crippen LogP contribution is -2.34. The van der Waals surface area contributed by atoms with E-state index in [1.807, 2.05) is 6.07 Å². The number of thiophene rings is 1. The summed E-state index contributed by atoms with van der Waals surface area (Å²) in [6, 6.07) is 9.88. The lowest BCUT2D eigenvalue weighted by atomic mass is 10.0. The Morgan fingerprint density at radius 1 is 1.35 bits per heavy atom. The van der Waals surface area contributed by atoms with Crippen LogP contribution in [0.1, 0.15) is 16.9 Å². The first-order chi connectivity index (χ1) is 11.1. The van der Waals surface area contributed by atoms with E-state index in [4.69, 9.17) is 16.4 Å². The first kappa shape index (κ1) is 16.0. The number of halogens is 2. The molecule has 4 nitrogen and oxygen atoms in total. The lowest BCUT2D eigenvalue weighted by molar-refractivity contribution is -0.131. The molecule has 1 unspecified atom stereocenters. The van der Waals surface area contributed by atoms with Gasteiger partial charge in [-0.15, -0.1) is 11.3 Å². The van der Waals surface area contributed by atoms with E-state index >= 15 is 0 Å². The SMILES string of the molecule is O=C(NCc1ccc(Cl)s1)C1CC(Cc2ccc(F)cc2)=NO1. The fraction of sp³-hybridized carbons (Fsp3) is 0.250. The zero-order valence-corrected chi connectivity index (χ0v) is 13.7. The minimum absolute atomic E-state index is 0.202. The Morgan fingerprint density at radius 2 is 2.13 bits per heavy atom. The van der Waals surface area contributed by atoms with Gasteiger partial charge in [-0.3, -0.25) is 4.79 Å². The van der Waals surface area contributed by atoms with Crippen LogP contribution < -0.4 is 5.32 Å². The third-order valence-corrected chi connectivity index (χ3v) is 4.64. The normalized spacial score (nSPS) is 16.8. The molecule has 0 saturated carbocycles. The van der Waals surface area contributed by atoms with Gasteiger partial charge in [-0.2, -0.15) is 0 Å². The maximum Gasteiger partial charge on any atom is 0.264 e. The monoisotopic (exact) mass is 352 g/mol. The van der Waals surface area contributed by atoms with Crippen molar-refractivity contribution >= 4 is 34.6 Å². The van der Waals surface area contributed by atoms with Crippen molar-refractivity contribution in [1.82, 2.24) is 5.32 Å². The van der Waals surface area contributed by atoms with Crippen LogP contribution in [-0.4, -0.2) is 17.7 Å². The van der Waals surface area contributed by atoms with Gasteiger partial charge in [0.05, 0.1) is 16.6 Å². The number of nitrogens with zero attached hydrogens (tertiary/aromatic N) is 1. The molecule has 0 radical (unpaired) electrons. The second kappa shape index (κ2) is 7.10. The largest absolute Gasteiger partial charge is 0.382 e. The van der Waals surface area contributed by atoms with Crippen molar-refractivity contribution in [3.05, 3.63) is 57.0 Å². The zero-order valence-electron chi connectivity index (χ0n) is 12.1. The number of nitrogens with one attached hydrogen (secondary N) is 1. The fourth-order valence-electron chi connectivity index (χ4n) is 2.24. The van der Waals surface area contributed by atoms with Gasteiger partial charge in [0.2, 0.25) is 6.10 Å². The molecule has 0 fully saturated rings. The summed E-state index contributed by atoms with van der Waals surface area (Å²) >= 11 is 7.27. The summed E-state index contributed by atoms with van der Waals surface area (Å²) in [7, 11) is 0. The fourth-order valence-corrected chi connectivity index (χ4v) is 3.27. The van der Waals surface area contributed by atoms with Gasteiger partial charge < -0.3 is 10.2 Å². The molecule has 2 heterocycles. The quantitative estimate of drug-likeness (QED) is 0.894. The van der Waals surface area contributed by atoms with E-state index in [0.29, 0.717) is 23.7 Å². The smallest absolute Gasteiger partial charge is 0.264 e. The van der Waals surface area contributed by atoms with Crippen molar-refractivity contribution in [1.29, 1.82) is 0 Å². The van der Waals surface area contributed by atoms with E-state index in [-0.39, 0.29) is 11.7 Å². The number of oxime groups is 1. The Labute approximate surface area is 141 Å². The molecule has 1 aliphatic heterocycles. The standard InChI is InChI=1S/C16H14ClFN2O2S/c17-15-6-5-13(23-15)9-19-16(21)14-8-12(20-22-14)7-10-1-3-11(18)4-2-10/h1-6,14H,7-9H2,(H,19,21). The highest BCUT2D eigenvalue weighted by atomic mass is 35.5. The molecule has 0 saturated heterocycles. The van der Waals surface area contributed by atoms with Gasteiger partial charge in [0.1, 0.15) is 5.82 Å². The van der Waals surface area contributed by atoms with E-state index in [1.54, 1.807) is 18.2 Å². The third-order valence-electron chi connectivity index (χ3n) is 3.41. The average molecular weight is 353 g/mol. The van der Waals surface area contributed by atoms with E-state index in [2.05, 4.69) is 10.5 Å². The summed E-state index contributed by atoms with van der Waals surface area (Å²) in [6.45, 7) is 0.420. The molecule has 7 heteroatoms. The average Bonchev–Trinajstić information content (AvgIpc) is 3.16. The summed E-state index contributed by atoms with van der Waals surface area (Å²) in [5.41, 5.74) is 1.71. The molecule has 2 aromatic rings. The highest BCUT2D eigenvalue weighted by Gasteiger charge is 2.27. The summed E-state index contributed by atoms with van der Waals surface area (Å²) in [6.07, 6.45) is 0.375. The predicted molar refractivity (Wildman–Crippen MR) is 88.2 cm³/mol. The molecule has 1 N–H and O–H groups in total. The van der Waals surface area contributed by atoms with E-state index in [1.165, 1.54) is 23.5 Å². The lowest BCUT2D eigenvalue weighted by Gasteiger charge is -2.08. The Balaban J connectivity index is 1.48. The van der Waals surface area contributed by atoms with Crippen LogP contribution >= 0.6 is 22.9 Å². The Kier molecular flexibility index (Phi) is 4.93. The second-order valence-electron chi connectivity index (χ2n) is 5.18. The van der Waals surface area contributed by atoms with Crippen LogP contribution in [-0.2, 0) is 22.6 Å². The molecule has 1 atom stereocenters. The molecule has 0 aliphatic carbocycles. The molecule has 1 aromatic heterocycles. The van der Waals surface area contributed by atoms with Gasteiger partial charge in [-0.25, -0.2) is 4.39 Å². The first-order valence-corrected chi connectivity index (χ1v) is 8.27. The first-order valence-electron chi connectivity index (χ1n) is 7.08. The molecule has 3 rings (SSSR count). The molecule has 1 aliphatic rings. The van der Waals surface area contributed by atoms with Crippen LogP contribution in [0.3, 0.4) is 0 Å². The van der Waals surface area contributed by atoms with Gasteiger partial charge in [0, 0.05) is 17.7 Å². The van der Waals surface area contributed by atoms with Crippen molar-refractivity contribution in [3.63, 3.8) is 0 Å². The van der Waals surface area contributed by atoms with Crippen molar-refractivity contribution in [2.75, 3.05) is 0 Å². The molecule has 1 aromatic carbocycles. The minimum atomic E-state index is -0.610. The Bertz CT molecular complexity index is 730. The topological polar surface area (TPSA) is 50.7 Å². The van der Waals surface area contributed by atoms with Crippen LogP contribution in [0.25, 0.3) is 0 Å². The van der Waals surface area contributed by atoms with Crippen molar-refractivity contribution < 1.29 is 14.0 Å². The minimum Gasteiger partial charge on any atom is -0.382 e. The van der Waals surface area contributed by atoms with E-state index in [9.17, 15) is 9.18 Å². The number of hydrogen-bond donors (Lipinski definition) is 1.